The molecule has 2 N–H and O–H groups in total. The first-order valence-electron chi connectivity index (χ1n) is 5.34. The lowest BCUT2D eigenvalue weighted by atomic mass is 10.2. The van der Waals surface area contributed by atoms with Crippen molar-refractivity contribution >= 4 is 23.4 Å². The van der Waals surface area contributed by atoms with Crippen molar-refractivity contribution in [3.05, 3.63) is 29.6 Å². The third kappa shape index (κ3) is 5.08. The van der Waals surface area contributed by atoms with E-state index in [2.05, 4.69) is 13.8 Å². The molecule has 0 fully saturated rings. The van der Waals surface area contributed by atoms with Crippen LogP contribution in [0.15, 0.2) is 18.2 Å². The minimum atomic E-state index is -0.541. The third-order valence-electron chi connectivity index (χ3n) is 1.92. The molecule has 0 aliphatic rings. The lowest BCUT2D eigenvalue weighted by molar-refractivity contribution is 0.0529. The van der Waals surface area contributed by atoms with Gasteiger partial charge in [-0.1, -0.05) is 13.8 Å². The molecule has 0 atom stereocenters. The molecule has 1 rings (SSSR count). The Kier molecular flexibility index (Phi) is 5.28. The number of ether oxygens (including phenoxy) is 1. The summed E-state index contributed by atoms with van der Waals surface area (Å²) in [4.78, 5) is 11.5. The second-order valence-electron chi connectivity index (χ2n) is 3.83. The van der Waals surface area contributed by atoms with Gasteiger partial charge in [0.2, 0.25) is 0 Å². The van der Waals surface area contributed by atoms with Crippen molar-refractivity contribution in [2.45, 2.75) is 19.1 Å². The molecular formula is C12H16FNO2S. The summed E-state index contributed by atoms with van der Waals surface area (Å²) < 4.78 is 18.0. The number of benzene rings is 1. The zero-order valence-corrected chi connectivity index (χ0v) is 10.7. The molecule has 0 bridgehead atoms. The maximum Gasteiger partial charge on any atom is 0.338 e. The van der Waals surface area contributed by atoms with Crippen LogP contribution in [0.2, 0.25) is 0 Å². The minimum absolute atomic E-state index is 0.150. The molecule has 17 heavy (non-hydrogen) atoms. The summed E-state index contributed by atoms with van der Waals surface area (Å²) in [5, 5.41) is 0.499. The first-order chi connectivity index (χ1) is 7.99. The van der Waals surface area contributed by atoms with Crippen LogP contribution in [-0.2, 0) is 4.74 Å². The SMILES string of the molecule is CC(C)SCCOC(=O)c1cc(N)cc(F)c1. The van der Waals surface area contributed by atoms with Gasteiger partial charge in [0.15, 0.2) is 0 Å². The van der Waals surface area contributed by atoms with E-state index in [1.165, 1.54) is 6.07 Å². The number of carbonyl (C=O) groups excluding carboxylic acids is 1. The Bertz CT molecular complexity index is 376. The van der Waals surface area contributed by atoms with Crippen LogP contribution in [-0.4, -0.2) is 23.6 Å². The maximum atomic E-state index is 13.0. The summed E-state index contributed by atoms with van der Waals surface area (Å²) in [7, 11) is 0. The highest BCUT2D eigenvalue weighted by Crippen LogP contribution is 2.13. The second kappa shape index (κ2) is 6.49. The number of hydrogen-bond donors (Lipinski definition) is 1. The quantitative estimate of drug-likeness (QED) is 0.500. The van der Waals surface area contributed by atoms with E-state index in [0.717, 1.165) is 17.9 Å². The van der Waals surface area contributed by atoms with Crippen molar-refractivity contribution in [2.75, 3.05) is 18.1 Å². The van der Waals surface area contributed by atoms with E-state index in [4.69, 9.17) is 10.5 Å². The maximum absolute atomic E-state index is 13.0. The van der Waals surface area contributed by atoms with Crippen LogP contribution in [0.4, 0.5) is 10.1 Å². The number of anilines is 1. The monoisotopic (exact) mass is 257 g/mol. The van der Waals surface area contributed by atoms with E-state index in [9.17, 15) is 9.18 Å². The van der Waals surface area contributed by atoms with Crippen LogP contribution in [0, 0.1) is 5.82 Å². The lowest BCUT2D eigenvalue weighted by Gasteiger charge is -2.07. The van der Waals surface area contributed by atoms with Gasteiger partial charge in [-0.05, 0) is 23.4 Å². The normalized spacial score (nSPS) is 10.6. The van der Waals surface area contributed by atoms with Crippen molar-refractivity contribution in [3.8, 4) is 0 Å². The molecule has 1 aromatic rings. The van der Waals surface area contributed by atoms with Crippen LogP contribution in [0.5, 0.6) is 0 Å². The van der Waals surface area contributed by atoms with Gasteiger partial charge in [0, 0.05) is 11.4 Å². The zero-order valence-electron chi connectivity index (χ0n) is 9.90. The molecule has 0 unspecified atom stereocenters. The fourth-order valence-electron chi connectivity index (χ4n) is 1.23. The number of hydrogen-bond acceptors (Lipinski definition) is 4. The molecule has 94 valence electrons. The van der Waals surface area contributed by atoms with Gasteiger partial charge in [0.1, 0.15) is 12.4 Å². The number of carbonyl (C=O) groups is 1. The number of nitrogens with two attached hydrogens (primary N) is 1. The Morgan fingerprint density at radius 2 is 2.18 bits per heavy atom. The number of rotatable bonds is 5. The van der Waals surface area contributed by atoms with Gasteiger partial charge in [0.05, 0.1) is 5.56 Å². The average Bonchev–Trinajstić information content (AvgIpc) is 2.22. The standard InChI is InChI=1S/C12H16FNO2S/c1-8(2)17-4-3-16-12(15)9-5-10(13)7-11(14)6-9/h5-8H,3-4,14H2,1-2H3. The van der Waals surface area contributed by atoms with Gasteiger partial charge in [-0.3, -0.25) is 0 Å². The van der Waals surface area contributed by atoms with E-state index in [0.29, 0.717) is 11.9 Å². The van der Waals surface area contributed by atoms with Crippen molar-refractivity contribution in [1.82, 2.24) is 0 Å². The Morgan fingerprint density at radius 1 is 1.47 bits per heavy atom. The van der Waals surface area contributed by atoms with E-state index in [-0.39, 0.29) is 11.3 Å². The zero-order chi connectivity index (χ0) is 12.8. The summed E-state index contributed by atoms with van der Waals surface area (Å²) in [6.45, 7) is 4.46. The summed E-state index contributed by atoms with van der Waals surface area (Å²) in [5.41, 5.74) is 5.81. The van der Waals surface area contributed by atoms with Gasteiger partial charge in [-0.25, -0.2) is 9.18 Å². The molecule has 1 aromatic carbocycles. The molecule has 3 nitrogen and oxygen atoms in total. The molecule has 0 heterocycles. The molecule has 0 amide bonds. The minimum Gasteiger partial charge on any atom is -0.461 e. The topological polar surface area (TPSA) is 52.3 Å². The first-order valence-corrected chi connectivity index (χ1v) is 6.38. The van der Waals surface area contributed by atoms with E-state index < -0.39 is 11.8 Å². The molecule has 0 spiro atoms. The lowest BCUT2D eigenvalue weighted by Crippen LogP contribution is -2.09. The van der Waals surface area contributed by atoms with Crippen LogP contribution in [0.25, 0.3) is 0 Å². The largest absolute Gasteiger partial charge is 0.461 e. The van der Waals surface area contributed by atoms with E-state index >= 15 is 0 Å². The van der Waals surface area contributed by atoms with Crippen LogP contribution < -0.4 is 5.73 Å². The highest BCUT2D eigenvalue weighted by Gasteiger charge is 2.09. The van der Waals surface area contributed by atoms with Gasteiger partial charge >= 0.3 is 5.97 Å². The Morgan fingerprint density at radius 3 is 2.76 bits per heavy atom. The number of nitrogen functional groups attached to an aromatic ring is 1. The summed E-state index contributed by atoms with van der Waals surface area (Å²) >= 11 is 1.70. The van der Waals surface area contributed by atoms with E-state index in [1.54, 1.807) is 11.8 Å². The number of halogens is 1. The summed E-state index contributed by atoms with van der Waals surface area (Å²) in [5.74, 6) is -0.345. The predicted molar refractivity (Wildman–Crippen MR) is 68.7 cm³/mol. The molecule has 0 saturated carbocycles. The highest BCUT2D eigenvalue weighted by molar-refractivity contribution is 7.99. The molecule has 0 radical (unpaired) electrons. The van der Waals surface area contributed by atoms with Crippen LogP contribution >= 0.6 is 11.8 Å². The van der Waals surface area contributed by atoms with Gasteiger partial charge in [0.25, 0.3) is 0 Å². The fourth-order valence-corrected chi connectivity index (χ4v) is 1.88. The molecule has 0 aliphatic heterocycles. The number of thioether (sulfide) groups is 1. The van der Waals surface area contributed by atoms with Gasteiger partial charge in [-0.2, -0.15) is 11.8 Å². The second-order valence-corrected chi connectivity index (χ2v) is 5.51. The average molecular weight is 257 g/mol. The van der Waals surface area contributed by atoms with Gasteiger partial charge in [-0.15, -0.1) is 0 Å². The van der Waals surface area contributed by atoms with Crippen molar-refractivity contribution in [3.63, 3.8) is 0 Å². The third-order valence-corrected chi connectivity index (χ3v) is 2.99. The Hall–Kier alpha value is -1.23. The molecule has 0 aromatic heterocycles. The smallest absolute Gasteiger partial charge is 0.338 e. The summed E-state index contributed by atoms with van der Waals surface area (Å²) in [6.07, 6.45) is 0. The Labute approximate surface area is 105 Å². The fraction of sp³-hybridized carbons (Fsp3) is 0.417. The molecule has 0 saturated heterocycles. The molecule has 0 aliphatic carbocycles. The molecular weight excluding hydrogens is 241 g/mol. The van der Waals surface area contributed by atoms with Crippen molar-refractivity contribution in [1.29, 1.82) is 0 Å². The highest BCUT2D eigenvalue weighted by atomic mass is 32.2. The van der Waals surface area contributed by atoms with Crippen molar-refractivity contribution < 1.29 is 13.9 Å². The Balaban J connectivity index is 2.47. The number of esters is 1. The predicted octanol–water partition coefficient (Wildman–Crippen LogP) is 2.71. The molecule has 5 heteroatoms. The van der Waals surface area contributed by atoms with Crippen LogP contribution in [0.3, 0.4) is 0 Å². The van der Waals surface area contributed by atoms with Gasteiger partial charge < -0.3 is 10.5 Å². The summed E-state index contributed by atoms with van der Waals surface area (Å²) in [6, 6.07) is 3.68. The van der Waals surface area contributed by atoms with Crippen LogP contribution in [0.1, 0.15) is 24.2 Å². The first kappa shape index (κ1) is 13.8. The van der Waals surface area contributed by atoms with Crippen molar-refractivity contribution in [2.24, 2.45) is 0 Å². The van der Waals surface area contributed by atoms with E-state index in [1.807, 2.05) is 0 Å².